The van der Waals surface area contributed by atoms with Crippen molar-refractivity contribution in [1.29, 1.82) is 0 Å². The van der Waals surface area contributed by atoms with Gasteiger partial charge in [0.15, 0.2) is 19.9 Å². The molecule has 2 aromatic heterocycles. The molecule has 1 saturated heterocycles. The summed E-state index contributed by atoms with van der Waals surface area (Å²) in [5, 5.41) is 6.64. The van der Waals surface area contributed by atoms with Gasteiger partial charge in [-0.05, 0) is 56.1 Å². The van der Waals surface area contributed by atoms with Gasteiger partial charge in [0, 0.05) is 25.0 Å². The number of nitrogens with zero attached hydrogens (tertiary/aromatic N) is 5. The van der Waals surface area contributed by atoms with Gasteiger partial charge >= 0.3 is 0 Å². The Bertz CT molecular complexity index is 1480. The molecule has 0 radical (unpaired) electrons. The first kappa shape index (κ1) is 26.1. The number of benzene rings is 1. The Balaban J connectivity index is 1.45. The van der Waals surface area contributed by atoms with E-state index in [9.17, 15) is 21.7 Å². The van der Waals surface area contributed by atoms with Crippen molar-refractivity contribution in [3.8, 4) is 5.88 Å². The lowest BCUT2D eigenvalue weighted by Crippen LogP contribution is -2.41. The Labute approximate surface area is 212 Å². The molecule has 1 aromatic carbocycles. The van der Waals surface area contributed by atoms with E-state index in [0.29, 0.717) is 29.2 Å². The number of rotatable bonds is 8. The van der Waals surface area contributed by atoms with Gasteiger partial charge in [-0.3, -0.25) is 0 Å². The molecule has 3 aromatic rings. The number of hydrogen-bond donors (Lipinski definition) is 1. The Morgan fingerprint density at radius 3 is 2.31 bits per heavy atom. The Kier molecular flexibility index (Phi) is 7.36. The minimum absolute atomic E-state index is 0.0227. The van der Waals surface area contributed by atoms with Gasteiger partial charge in [0.05, 0.1) is 15.6 Å². The second-order valence-corrected chi connectivity index (χ2v) is 13.6. The average molecular weight is 553 g/mol. The molecule has 15 heteroatoms. The fourth-order valence-electron chi connectivity index (χ4n) is 3.76. The van der Waals surface area contributed by atoms with Crippen LogP contribution in [0.1, 0.15) is 23.5 Å². The summed E-state index contributed by atoms with van der Waals surface area (Å²) < 4.78 is 56.9. The van der Waals surface area contributed by atoms with E-state index >= 15 is 0 Å². The average Bonchev–Trinajstić information content (AvgIpc) is 3.18. The first-order chi connectivity index (χ1) is 17.0. The zero-order valence-corrected chi connectivity index (χ0v) is 22.2. The molecule has 0 amide bonds. The van der Waals surface area contributed by atoms with Crippen molar-refractivity contribution in [2.75, 3.05) is 24.7 Å². The Morgan fingerprint density at radius 1 is 1.08 bits per heavy atom. The molecule has 0 spiro atoms. The van der Waals surface area contributed by atoms with Crippen LogP contribution in [0.15, 0.2) is 44.9 Å². The monoisotopic (exact) mass is 552 g/mol. The molecule has 1 aliphatic heterocycles. The maximum Gasteiger partial charge on any atom is 0.254 e. The van der Waals surface area contributed by atoms with Crippen LogP contribution in [0.4, 0.5) is 17.2 Å². The van der Waals surface area contributed by atoms with E-state index in [-0.39, 0.29) is 45.7 Å². The van der Waals surface area contributed by atoms with E-state index in [2.05, 4.69) is 25.4 Å². The second-order valence-electron chi connectivity index (χ2n) is 8.22. The highest BCUT2D eigenvalue weighted by molar-refractivity contribution is 7.91. The summed E-state index contributed by atoms with van der Waals surface area (Å²) in [7, 11) is -6.99. The molecule has 1 N–H and O–H groups in total. The van der Waals surface area contributed by atoms with Crippen molar-refractivity contribution in [2.45, 2.75) is 41.9 Å². The van der Waals surface area contributed by atoms with E-state index in [0.717, 1.165) is 17.6 Å². The van der Waals surface area contributed by atoms with Crippen LogP contribution >= 0.6 is 11.3 Å². The van der Waals surface area contributed by atoms with Crippen molar-refractivity contribution in [1.82, 2.24) is 19.3 Å². The maximum atomic E-state index is 13.0. The van der Waals surface area contributed by atoms with Crippen molar-refractivity contribution < 1.29 is 21.6 Å². The predicted molar refractivity (Wildman–Crippen MR) is 134 cm³/mol. The van der Waals surface area contributed by atoms with Crippen LogP contribution in [0.5, 0.6) is 5.88 Å². The molecule has 4 rings (SSSR count). The number of piperidine rings is 1. The standard InChI is InChI=1S/C21H24N6O6S3/c1-13-21(34-14(2)24-13)36(31,32)27-10-8-16(9-11-27)33-20-18(26-28)19(22-12-23-20)25-15-4-6-17(7-5-15)35(3,29)30/h4-7,12,16H,8-11H2,1-3H3,(H,22,23,25). The number of hydrogen-bond acceptors (Lipinski definition) is 12. The van der Waals surface area contributed by atoms with Crippen molar-refractivity contribution >= 4 is 48.4 Å². The van der Waals surface area contributed by atoms with Crippen LogP contribution in [0.25, 0.3) is 0 Å². The van der Waals surface area contributed by atoms with Crippen molar-refractivity contribution in [3.05, 3.63) is 46.2 Å². The topological polar surface area (TPSA) is 161 Å². The third-order valence-electron chi connectivity index (χ3n) is 5.54. The van der Waals surface area contributed by atoms with Crippen LogP contribution in [0.2, 0.25) is 0 Å². The van der Waals surface area contributed by atoms with Crippen LogP contribution < -0.4 is 10.1 Å². The van der Waals surface area contributed by atoms with Gasteiger partial charge in [0.1, 0.15) is 12.4 Å². The molecule has 36 heavy (non-hydrogen) atoms. The lowest BCUT2D eigenvalue weighted by Gasteiger charge is -2.31. The van der Waals surface area contributed by atoms with E-state index < -0.39 is 19.9 Å². The molecule has 192 valence electrons. The molecule has 0 saturated carbocycles. The SMILES string of the molecule is Cc1nc(C)c(S(=O)(=O)N2CCC(Oc3ncnc(Nc4ccc(S(C)(=O)=O)cc4)c3N=O)CC2)s1. The van der Waals surface area contributed by atoms with E-state index in [1.807, 2.05) is 0 Å². The highest BCUT2D eigenvalue weighted by Crippen LogP contribution is 2.35. The molecule has 0 aliphatic carbocycles. The van der Waals surface area contributed by atoms with Gasteiger partial charge in [-0.1, -0.05) is 0 Å². The predicted octanol–water partition coefficient (Wildman–Crippen LogP) is 3.33. The first-order valence-corrected chi connectivity index (χ1v) is 15.0. The number of sulfone groups is 1. The number of aryl methyl sites for hydroxylation is 2. The van der Waals surface area contributed by atoms with Gasteiger partial charge in [0.25, 0.3) is 10.0 Å². The van der Waals surface area contributed by atoms with Gasteiger partial charge < -0.3 is 10.1 Å². The molecule has 3 heterocycles. The third kappa shape index (κ3) is 5.53. The molecule has 1 aliphatic rings. The first-order valence-electron chi connectivity index (χ1n) is 10.9. The summed E-state index contributed by atoms with van der Waals surface area (Å²) in [6.45, 7) is 3.94. The van der Waals surface area contributed by atoms with Gasteiger partial charge in [-0.2, -0.15) is 9.29 Å². The summed E-state index contributed by atoms with van der Waals surface area (Å²) in [5.41, 5.74) is 0.837. The molecule has 0 unspecified atom stereocenters. The highest BCUT2D eigenvalue weighted by Gasteiger charge is 2.33. The maximum absolute atomic E-state index is 13.0. The zero-order chi connectivity index (χ0) is 26.1. The molecular formula is C21H24N6O6S3. The second kappa shape index (κ2) is 10.2. The summed E-state index contributed by atoms with van der Waals surface area (Å²) >= 11 is 1.15. The van der Waals surface area contributed by atoms with Gasteiger partial charge in [0.2, 0.25) is 11.6 Å². The van der Waals surface area contributed by atoms with Gasteiger partial charge in [-0.15, -0.1) is 16.2 Å². The number of nitroso groups, excluding NO2 is 1. The number of aromatic nitrogens is 3. The number of ether oxygens (including phenoxy) is 1. The summed E-state index contributed by atoms with van der Waals surface area (Å²) in [6.07, 6.45) is 2.74. The third-order valence-corrected chi connectivity index (χ3v) is 10.2. The molecule has 0 bridgehead atoms. The highest BCUT2D eigenvalue weighted by atomic mass is 32.2. The largest absolute Gasteiger partial charge is 0.472 e. The van der Waals surface area contributed by atoms with Crippen LogP contribution in [0.3, 0.4) is 0 Å². The quantitative estimate of drug-likeness (QED) is 0.410. The summed E-state index contributed by atoms with van der Waals surface area (Å²) in [6, 6.07) is 5.94. The van der Waals surface area contributed by atoms with Crippen LogP contribution in [-0.2, 0) is 19.9 Å². The lowest BCUT2D eigenvalue weighted by atomic mass is 10.1. The van der Waals surface area contributed by atoms with E-state index in [1.54, 1.807) is 13.8 Å². The smallest absolute Gasteiger partial charge is 0.254 e. The molecular weight excluding hydrogens is 528 g/mol. The fraction of sp³-hybridized carbons (Fsp3) is 0.381. The molecule has 12 nitrogen and oxygen atoms in total. The van der Waals surface area contributed by atoms with Gasteiger partial charge in [-0.25, -0.2) is 26.8 Å². The van der Waals surface area contributed by atoms with E-state index in [1.165, 1.54) is 34.9 Å². The number of sulfonamides is 1. The minimum atomic E-state index is -3.64. The van der Waals surface area contributed by atoms with Crippen LogP contribution in [-0.4, -0.2) is 61.5 Å². The Morgan fingerprint density at radius 2 is 1.75 bits per heavy atom. The minimum Gasteiger partial charge on any atom is -0.472 e. The molecule has 1 fully saturated rings. The number of nitrogens with one attached hydrogen (secondary N) is 1. The van der Waals surface area contributed by atoms with Crippen molar-refractivity contribution in [3.63, 3.8) is 0 Å². The summed E-state index contributed by atoms with van der Waals surface area (Å²) in [5.74, 6) is 0.0728. The summed E-state index contributed by atoms with van der Waals surface area (Å²) in [4.78, 5) is 24.1. The fourth-order valence-corrected chi connectivity index (χ4v) is 7.48. The normalized spacial score (nSPS) is 15.5. The Hall–Kier alpha value is -3.01. The van der Waals surface area contributed by atoms with Crippen molar-refractivity contribution in [2.24, 2.45) is 5.18 Å². The number of anilines is 2. The number of thiazole rings is 1. The van der Waals surface area contributed by atoms with Crippen LogP contribution in [0, 0.1) is 18.8 Å². The van der Waals surface area contributed by atoms with E-state index in [4.69, 9.17) is 4.74 Å². The zero-order valence-electron chi connectivity index (χ0n) is 19.7. The molecule has 0 atom stereocenters. The lowest BCUT2D eigenvalue weighted by molar-refractivity contribution is 0.130.